The molecular formula is C19H20N4O. The van der Waals surface area contributed by atoms with Gasteiger partial charge in [-0.3, -0.25) is 4.79 Å². The number of carbonyl (C=O) groups excluding carboxylic acids is 1. The summed E-state index contributed by atoms with van der Waals surface area (Å²) in [6.45, 7) is 6.53. The molecule has 1 amide bonds. The molecule has 0 aliphatic rings. The summed E-state index contributed by atoms with van der Waals surface area (Å²) in [6.07, 6.45) is 6.59. The maximum absolute atomic E-state index is 12.1. The second-order valence-corrected chi connectivity index (χ2v) is 6.63. The third kappa shape index (κ3) is 3.51. The molecule has 1 aromatic carbocycles. The van der Waals surface area contributed by atoms with Crippen molar-refractivity contribution in [2.24, 2.45) is 0 Å². The second-order valence-electron chi connectivity index (χ2n) is 6.63. The Morgan fingerprint density at radius 3 is 2.54 bits per heavy atom. The molecule has 0 saturated heterocycles. The molecule has 5 heteroatoms. The average molecular weight is 320 g/mol. The van der Waals surface area contributed by atoms with Crippen LogP contribution in [0.1, 0.15) is 31.9 Å². The summed E-state index contributed by atoms with van der Waals surface area (Å²) in [5.41, 5.74) is 3.06. The molecule has 0 fully saturated rings. The molecule has 0 atom stereocenters. The van der Waals surface area contributed by atoms with E-state index >= 15 is 0 Å². The van der Waals surface area contributed by atoms with Crippen molar-refractivity contribution < 1.29 is 4.79 Å². The highest BCUT2D eigenvalue weighted by molar-refractivity contribution is 6.01. The number of nitrogens with one attached hydrogen (secondary N) is 1. The Morgan fingerprint density at radius 2 is 1.83 bits per heavy atom. The van der Waals surface area contributed by atoms with Gasteiger partial charge in [-0.05, 0) is 28.7 Å². The molecule has 0 unspecified atom stereocenters. The fourth-order valence-corrected chi connectivity index (χ4v) is 2.36. The van der Waals surface area contributed by atoms with Crippen LogP contribution in [0.2, 0.25) is 0 Å². The zero-order valence-electron chi connectivity index (χ0n) is 14.0. The van der Waals surface area contributed by atoms with Crippen LogP contribution in [-0.2, 0) is 10.2 Å². The van der Waals surface area contributed by atoms with Gasteiger partial charge in [0.15, 0.2) is 5.65 Å². The van der Waals surface area contributed by atoms with Crippen LogP contribution in [0.4, 0.5) is 5.82 Å². The number of benzene rings is 1. The van der Waals surface area contributed by atoms with E-state index in [0.29, 0.717) is 11.5 Å². The van der Waals surface area contributed by atoms with E-state index in [-0.39, 0.29) is 11.3 Å². The number of nitrogens with zero attached hydrogens (tertiary/aromatic N) is 3. The summed E-state index contributed by atoms with van der Waals surface area (Å²) in [4.78, 5) is 16.3. The van der Waals surface area contributed by atoms with Crippen molar-refractivity contribution >= 4 is 23.4 Å². The summed E-state index contributed by atoms with van der Waals surface area (Å²) in [6, 6.07) is 11.7. The van der Waals surface area contributed by atoms with Crippen LogP contribution < -0.4 is 5.32 Å². The van der Waals surface area contributed by atoms with Gasteiger partial charge in [-0.1, -0.05) is 45.0 Å². The normalized spacial score (nSPS) is 12.0. The van der Waals surface area contributed by atoms with Gasteiger partial charge in [-0.15, -0.1) is 0 Å². The van der Waals surface area contributed by atoms with Crippen molar-refractivity contribution in [3.8, 4) is 0 Å². The van der Waals surface area contributed by atoms with Crippen LogP contribution in [-0.4, -0.2) is 20.5 Å². The van der Waals surface area contributed by atoms with Crippen LogP contribution >= 0.6 is 0 Å². The SMILES string of the molecule is CC(C)(C)c1ccc(/C=C/C(=O)Nc2ccnc3ccnn23)cc1. The maximum atomic E-state index is 12.1. The third-order valence-electron chi connectivity index (χ3n) is 3.75. The van der Waals surface area contributed by atoms with Crippen molar-refractivity contribution in [3.63, 3.8) is 0 Å². The highest BCUT2D eigenvalue weighted by Gasteiger charge is 2.12. The molecule has 3 rings (SSSR count). The minimum absolute atomic E-state index is 0.121. The number of aromatic nitrogens is 3. The van der Waals surface area contributed by atoms with Gasteiger partial charge in [0.1, 0.15) is 5.82 Å². The van der Waals surface area contributed by atoms with Gasteiger partial charge < -0.3 is 5.32 Å². The Hall–Kier alpha value is -2.95. The first-order chi connectivity index (χ1) is 11.4. The van der Waals surface area contributed by atoms with Crippen LogP contribution in [0.25, 0.3) is 11.7 Å². The number of anilines is 1. The van der Waals surface area contributed by atoms with Crippen LogP contribution in [0.3, 0.4) is 0 Å². The Bertz CT molecular complexity index is 886. The Kier molecular flexibility index (Phi) is 4.16. The first kappa shape index (κ1) is 15.9. The smallest absolute Gasteiger partial charge is 0.249 e. The topological polar surface area (TPSA) is 59.3 Å². The zero-order chi connectivity index (χ0) is 17.2. The summed E-state index contributed by atoms with van der Waals surface area (Å²) < 4.78 is 1.59. The van der Waals surface area contributed by atoms with Crippen LogP contribution in [0.15, 0.2) is 54.9 Å². The maximum Gasteiger partial charge on any atom is 0.249 e. The Labute approximate surface area is 141 Å². The summed E-state index contributed by atoms with van der Waals surface area (Å²) in [5.74, 6) is 0.376. The third-order valence-corrected chi connectivity index (χ3v) is 3.75. The highest BCUT2D eigenvalue weighted by Crippen LogP contribution is 2.22. The minimum atomic E-state index is -0.210. The van der Waals surface area contributed by atoms with Gasteiger partial charge in [0, 0.05) is 18.3 Å². The second kappa shape index (κ2) is 6.28. The fraction of sp³-hybridized carbons (Fsp3) is 0.211. The van der Waals surface area contributed by atoms with E-state index in [9.17, 15) is 4.79 Å². The van der Waals surface area contributed by atoms with Crippen molar-refractivity contribution in [1.29, 1.82) is 0 Å². The van der Waals surface area contributed by atoms with Crippen molar-refractivity contribution in [3.05, 3.63) is 66.0 Å². The summed E-state index contributed by atoms with van der Waals surface area (Å²) >= 11 is 0. The van der Waals surface area contributed by atoms with E-state index in [4.69, 9.17) is 0 Å². The molecule has 122 valence electrons. The van der Waals surface area contributed by atoms with Crippen LogP contribution in [0, 0.1) is 0 Å². The lowest BCUT2D eigenvalue weighted by Gasteiger charge is -2.18. The van der Waals surface area contributed by atoms with Crippen molar-refractivity contribution in [2.45, 2.75) is 26.2 Å². The lowest BCUT2D eigenvalue weighted by Crippen LogP contribution is -2.12. The quantitative estimate of drug-likeness (QED) is 0.749. The predicted octanol–water partition coefficient (Wildman–Crippen LogP) is 3.68. The summed E-state index contributed by atoms with van der Waals surface area (Å²) in [7, 11) is 0. The molecule has 2 heterocycles. The Morgan fingerprint density at radius 1 is 1.08 bits per heavy atom. The number of hydrogen-bond donors (Lipinski definition) is 1. The zero-order valence-corrected chi connectivity index (χ0v) is 14.0. The first-order valence-corrected chi connectivity index (χ1v) is 7.82. The van der Waals surface area contributed by atoms with Gasteiger partial charge in [-0.2, -0.15) is 9.61 Å². The van der Waals surface area contributed by atoms with Crippen LogP contribution in [0.5, 0.6) is 0 Å². The van der Waals surface area contributed by atoms with Crippen molar-refractivity contribution in [2.75, 3.05) is 5.32 Å². The van der Waals surface area contributed by atoms with E-state index in [1.54, 1.807) is 35.1 Å². The molecule has 0 aliphatic heterocycles. The van der Waals surface area contributed by atoms with Gasteiger partial charge >= 0.3 is 0 Å². The minimum Gasteiger partial charge on any atom is -0.307 e. The fourth-order valence-electron chi connectivity index (χ4n) is 2.36. The van der Waals surface area contributed by atoms with E-state index in [2.05, 4.69) is 48.3 Å². The molecule has 5 nitrogen and oxygen atoms in total. The highest BCUT2D eigenvalue weighted by atomic mass is 16.1. The molecule has 1 N–H and O–H groups in total. The summed E-state index contributed by atoms with van der Waals surface area (Å²) in [5, 5.41) is 6.95. The number of carbonyl (C=O) groups is 1. The average Bonchev–Trinajstić information content (AvgIpc) is 3.02. The molecular weight excluding hydrogens is 300 g/mol. The lowest BCUT2D eigenvalue weighted by atomic mass is 9.87. The van der Waals surface area contributed by atoms with Gasteiger partial charge in [0.05, 0.1) is 6.20 Å². The molecule has 0 radical (unpaired) electrons. The number of hydrogen-bond acceptors (Lipinski definition) is 3. The number of rotatable bonds is 3. The molecule has 0 aliphatic carbocycles. The molecule has 0 spiro atoms. The predicted molar refractivity (Wildman–Crippen MR) is 95.8 cm³/mol. The first-order valence-electron chi connectivity index (χ1n) is 7.82. The van der Waals surface area contributed by atoms with E-state index in [0.717, 1.165) is 5.56 Å². The molecule has 3 aromatic rings. The number of fused-ring (bicyclic) bond motifs is 1. The molecule has 0 saturated carbocycles. The standard InChI is InChI=1S/C19H20N4O/c1-19(2,3)15-7-4-14(5-8-15)6-9-18(24)22-17-10-12-20-16-11-13-21-23(16)17/h4-13H,1-3H3,(H,22,24)/b9-6+. The molecule has 2 aromatic heterocycles. The largest absolute Gasteiger partial charge is 0.307 e. The molecule has 24 heavy (non-hydrogen) atoms. The Balaban J connectivity index is 1.70. The van der Waals surface area contributed by atoms with E-state index < -0.39 is 0 Å². The van der Waals surface area contributed by atoms with Gasteiger partial charge in [0.2, 0.25) is 5.91 Å². The van der Waals surface area contributed by atoms with E-state index in [1.165, 1.54) is 11.6 Å². The van der Waals surface area contributed by atoms with E-state index in [1.807, 2.05) is 12.1 Å². The monoisotopic (exact) mass is 320 g/mol. The van der Waals surface area contributed by atoms with Gasteiger partial charge in [-0.25, -0.2) is 4.98 Å². The molecule has 0 bridgehead atoms. The lowest BCUT2D eigenvalue weighted by molar-refractivity contribution is -0.111. The van der Waals surface area contributed by atoms with Gasteiger partial charge in [0.25, 0.3) is 0 Å². The number of amides is 1. The van der Waals surface area contributed by atoms with Crippen molar-refractivity contribution in [1.82, 2.24) is 14.6 Å².